The molecule has 0 fully saturated rings. The summed E-state index contributed by atoms with van der Waals surface area (Å²) in [7, 11) is 3.22. The Hall–Kier alpha value is -3.41. The van der Waals surface area contributed by atoms with E-state index in [4.69, 9.17) is 18.6 Å². The Kier molecular flexibility index (Phi) is 8.93. The Bertz CT molecular complexity index is 1280. The van der Waals surface area contributed by atoms with E-state index in [2.05, 4.69) is 15.2 Å². The van der Waals surface area contributed by atoms with Crippen molar-refractivity contribution in [3.05, 3.63) is 65.4 Å². The summed E-state index contributed by atoms with van der Waals surface area (Å²) < 4.78 is 21.8. The van der Waals surface area contributed by atoms with Crippen LogP contribution >= 0.6 is 23.1 Å². The topological polar surface area (TPSA) is 99.8 Å². The van der Waals surface area contributed by atoms with Crippen molar-refractivity contribution in [3.8, 4) is 22.8 Å². The molecule has 0 unspecified atom stereocenters. The molecule has 0 aliphatic heterocycles. The van der Waals surface area contributed by atoms with Crippen molar-refractivity contribution in [2.75, 3.05) is 38.0 Å². The van der Waals surface area contributed by atoms with Gasteiger partial charge < -0.3 is 18.6 Å². The zero-order valence-corrected chi connectivity index (χ0v) is 21.8. The molecule has 0 radical (unpaired) electrons. The third kappa shape index (κ3) is 6.62. The molecule has 0 aliphatic carbocycles. The van der Waals surface area contributed by atoms with Gasteiger partial charge in [-0.2, -0.15) is 0 Å². The van der Waals surface area contributed by atoms with Gasteiger partial charge in [0.15, 0.2) is 11.7 Å². The average Bonchev–Trinajstić information content (AvgIpc) is 3.57. The van der Waals surface area contributed by atoms with Crippen LogP contribution in [0.2, 0.25) is 0 Å². The van der Waals surface area contributed by atoms with Gasteiger partial charge in [-0.1, -0.05) is 30.0 Å². The number of carbonyl (C=O) groups is 1. The molecule has 4 rings (SSSR count). The largest absolute Gasteiger partial charge is 0.497 e. The Balaban J connectivity index is 1.37. The second-order valence-electron chi connectivity index (χ2n) is 7.59. The van der Waals surface area contributed by atoms with E-state index >= 15 is 0 Å². The summed E-state index contributed by atoms with van der Waals surface area (Å²) in [6.07, 6.45) is 0. The molecule has 1 amide bonds. The highest BCUT2D eigenvalue weighted by Crippen LogP contribution is 2.29. The maximum atomic E-state index is 13.1. The Labute approximate surface area is 217 Å². The second kappa shape index (κ2) is 12.5. The lowest BCUT2D eigenvalue weighted by Crippen LogP contribution is -2.35. The number of benzene rings is 2. The van der Waals surface area contributed by atoms with Crippen LogP contribution in [-0.2, 0) is 16.1 Å². The fraction of sp³-hybridized carbons (Fsp3) is 0.280. The summed E-state index contributed by atoms with van der Waals surface area (Å²) in [5, 5.41) is 10.9. The number of carbonyl (C=O) groups excluding carboxylic acids is 1. The SMILES string of the molecule is COCCN(C(=O)CSc1nnc(COc2ccccc2C)o1)c1nc(-c2ccc(OC)cc2)cs1. The van der Waals surface area contributed by atoms with E-state index in [9.17, 15) is 4.79 Å². The molecule has 0 atom stereocenters. The van der Waals surface area contributed by atoms with Crippen molar-refractivity contribution in [1.82, 2.24) is 15.2 Å². The lowest BCUT2D eigenvalue weighted by Gasteiger charge is -2.18. The third-order valence-electron chi connectivity index (χ3n) is 5.14. The number of amides is 1. The van der Waals surface area contributed by atoms with E-state index in [1.807, 2.05) is 60.8 Å². The van der Waals surface area contributed by atoms with Crippen LogP contribution in [0, 0.1) is 6.92 Å². The molecule has 0 bridgehead atoms. The molecule has 9 nitrogen and oxygen atoms in total. The van der Waals surface area contributed by atoms with Crippen LogP contribution in [0.25, 0.3) is 11.3 Å². The minimum Gasteiger partial charge on any atom is -0.497 e. The Morgan fingerprint density at radius 3 is 2.67 bits per heavy atom. The first-order valence-electron chi connectivity index (χ1n) is 11.1. The molecule has 0 saturated carbocycles. The van der Waals surface area contributed by atoms with Crippen molar-refractivity contribution < 1.29 is 23.4 Å². The van der Waals surface area contributed by atoms with Crippen molar-refractivity contribution in [1.29, 1.82) is 0 Å². The van der Waals surface area contributed by atoms with E-state index in [1.54, 1.807) is 19.1 Å². The molecule has 0 N–H and O–H groups in total. The number of rotatable bonds is 12. The van der Waals surface area contributed by atoms with Crippen molar-refractivity contribution in [3.63, 3.8) is 0 Å². The van der Waals surface area contributed by atoms with E-state index in [0.717, 1.165) is 28.3 Å². The maximum absolute atomic E-state index is 13.1. The van der Waals surface area contributed by atoms with Crippen molar-refractivity contribution >= 4 is 34.1 Å². The van der Waals surface area contributed by atoms with Gasteiger partial charge in [-0.25, -0.2) is 4.98 Å². The van der Waals surface area contributed by atoms with Crippen LogP contribution in [0.3, 0.4) is 0 Å². The van der Waals surface area contributed by atoms with Crippen molar-refractivity contribution in [2.24, 2.45) is 0 Å². The molecule has 0 spiro atoms. The average molecular weight is 527 g/mol. The summed E-state index contributed by atoms with van der Waals surface area (Å²) in [5.41, 5.74) is 2.75. The smallest absolute Gasteiger partial charge is 0.277 e. The minimum absolute atomic E-state index is 0.113. The molecule has 0 saturated heterocycles. The van der Waals surface area contributed by atoms with Crippen LogP contribution < -0.4 is 14.4 Å². The Morgan fingerprint density at radius 2 is 1.92 bits per heavy atom. The lowest BCUT2D eigenvalue weighted by molar-refractivity contribution is -0.116. The molecule has 188 valence electrons. The number of anilines is 1. The molecular formula is C25H26N4O5S2. The highest BCUT2D eigenvalue weighted by atomic mass is 32.2. The number of methoxy groups -OCH3 is 2. The van der Waals surface area contributed by atoms with Crippen molar-refractivity contribution in [2.45, 2.75) is 18.8 Å². The van der Waals surface area contributed by atoms with Gasteiger partial charge in [0.25, 0.3) is 11.1 Å². The highest BCUT2D eigenvalue weighted by molar-refractivity contribution is 7.99. The molecular weight excluding hydrogens is 500 g/mol. The quantitative estimate of drug-likeness (QED) is 0.240. The van der Waals surface area contributed by atoms with Gasteiger partial charge in [-0.15, -0.1) is 21.5 Å². The number of hydrogen-bond acceptors (Lipinski definition) is 10. The molecule has 2 aromatic carbocycles. The molecule has 2 aromatic heterocycles. The number of aromatic nitrogens is 3. The fourth-order valence-corrected chi connectivity index (χ4v) is 4.74. The highest BCUT2D eigenvalue weighted by Gasteiger charge is 2.21. The fourth-order valence-electron chi connectivity index (χ4n) is 3.21. The first-order valence-corrected chi connectivity index (χ1v) is 13.0. The zero-order valence-electron chi connectivity index (χ0n) is 20.2. The summed E-state index contributed by atoms with van der Waals surface area (Å²) in [6.45, 7) is 2.88. The molecule has 4 aromatic rings. The predicted molar refractivity (Wildman–Crippen MR) is 139 cm³/mol. The van der Waals surface area contributed by atoms with Gasteiger partial charge in [-0.05, 0) is 42.8 Å². The first-order chi connectivity index (χ1) is 17.6. The van der Waals surface area contributed by atoms with Crippen LogP contribution in [0.4, 0.5) is 5.13 Å². The molecule has 0 aliphatic rings. The maximum Gasteiger partial charge on any atom is 0.277 e. The van der Waals surface area contributed by atoms with Gasteiger partial charge in [0, 0.05) is 18.1 Å². The van der Waals surface area contributed by atoms with Crippen LogP contribution in [0.1, 0.15) is 11.5 Å². The number of aryl methyl sites for hydroxylation is 1. The first kappa shape index (κ1) is 25.7. The standard InChI is InChI=1S/C25H26N4O5S2/c1-17-6-4-5-7-21(17)33-14-22-27-28-25(34-22)36-16-23(30)29(12-13-31-2)24-26-20(15-35-24)18-8-10-19(32-3)11-9-18/h4-11,15H,12-14,16H2,1-3H3. The number of nitrogens with zero attached hydrogens (tertiary/aromatic N) is 4. The Morgan fingerprint density at radius 1 is 1.11 bits per heavy atom. The zero-order chi connectivity index (χ0) is 25.3. The number of thiazole rings is 1. The van der Waals surface area contributed by atoms with Gasteiger partial charge in [0.05, 0.1) is 31.7 Å². The summed E-state index contributed by atoms with van der Waals surface area (Å²) in [5.74, 6) is 1.85. The number of ether oxygens (including phenoxy) is 3. The number of para-hydroxylation sites is 1. The van der Waals surface area contributed by atoms with E-state index in [-0.39, 0.29) is 18.3 Å². The normalized spacial score (nSPS) is 10.9. The van der Waals surface area contributed by atoms with Crippen LogP contribution in [0.15, 0.2) is 63.6 Å². The van der Waals surface area contributed by atoms with Crippen LogP contribution in [-0.4, -0.2) is 54.2 Å². The third-order valence-corrected chi connectivity index (χ3v) is 6.81. The van der Waals surface area contributed by atoms with Gasteiger partial charge in [-0.3, -0.25) is 9.69 Å². The van der Waals surface area contributed by atoms with Gasteiger partial charge >= 0.3 is 0 Å². The lowest BCUT2D eigenvalue weighted by atomic mass is 10.2. The number of thioether (sulfide) groups is 1. The monoisotopic (exact) mass is 526 g/mol. The summed E-state index contributed by atoms with van der Waals surface area (Å²) >= 11 is 2.58. The predicted octanol–water partition coefficient (Wildman–Crippen LogP) is 4.86. The molecule has 36 heavy (non-hydrogen) atoms. The molecule has 11 heteroatoms. The summed E-state index contributed by atoms with van der Waals surface area (Å²) in [4.78, 5) is 19.4. The second-order valence-corrected chi connectivity index (χ2v) is 9.35. The molecule has 2 heterocycles. The van der Waals surface area contributed by atoms with Gasteiger partial charge in [0.1, 0.15) is 11.5 Å². The van der Waals surface area contributed by atoms with E-state index < -0.39 is 0 Å². The number of hydrogen-bond donors (Lipinski definition) is 0. The van der Waals surface area contributed by atoms with E-state index in [0.29, 0.717) is 29.4 Å². The van der Waals surface area contributed by atoms with Gasteiger partial charge in [0.2, 0.25) is 5.91 Å². The summed E-state index contributed by atoms with van der Waals surface area (Å²) in [6, 6.07) is 15.3. The minimum atomic E-state index is -0.136. The van der Waals surface area contributed by atoms with Crippen LogP contribution in [0.5, 0.6) is 11.5 Å². The van der Waals surface area contributed by atoms with E-state index in [1.165, 1.54) is 23.1 Å².